The number of nitrogens with two attached hydrogens (primary N) is 1. The van der Waals surface area contributed by atoms with Gasteiger partial charge in [-0.2, -0.15) is 0 Å². The van der Waals surface area contributed by atoms with E-state index in [0.29, 0.717) is 17.9 Å². The van der Waals surface area contributed by atoms with Gasteiger partial charge >= 0.3 is 0 Å². The largest absolute Gasteiger partial charge is 0.493 e. The predicted molar refractivity (Wildman–Crippen MR) is 69.4 cm³/mol. The van der Waals surface area contributed by atoms with Gasteiger partial charge in [-0.1, -0.05) is 12.1 Å². The number of benzene rings is 1. The second-order valence-corrected chi connectivity index (χ2v) is 3.75. The van der Waals surface area contributed by atoms with Gasteiger partial charge in [0, 0.05) is 18.0 Å². The lowest BCUT2D eigenvalue weighted by Crippen LogP contribution is -2.13. The standard InChI is InChI=1S/C14H14N2O2/c1-2-18-13-8-10(5-6-12(13)14(15)17)11-4-3-7-16-9-11/h3-9H,2H2,1H3,(H2,15,17). The minimum absolute atomic E-state index is 0.393. The van der Waals surface area contributed by atoms with Crippen molar-refractivity contribution in [2.45, 2.75) is 6.92 Å². The summed E-state index contributed by atoms with van der Waals surface area (Å²) in [4.78, 5) is 15.3. The third-order valence-electron chi connectivity index (χ3n) is 2.54. The number of primary amides is 1. The predicted octanol–water partition coefficient (Wildman–Crippen LogP) is 2.25. The molecule has 0 atom stereocenters. The number of rotatable bonds is 4. The molecule has 1 heterocycles. The zero-order valence-corrected chi connectivity index (χ0v) is 10.1. The van der Waals surface area contributed by atoms with Crippen molar-refractivity contribution in [2.75, 3.05) is 6.61 Å². The molecule has 2 rings (SSSR count). The number of amides is 1. The second kappa shape index (κ2) is 5.31. The van der Waals surface area contributed by atoms with E-state index in [1.54, 1.807) is 24.5 Å². The molecule has 0 aliphatic rings. The van der Waals surface area contributed by atoms with Gasteiger partial charge in [-0.3, -0.25) is 9.78 Å². The maximum atomic E-state index is 11.3. The van der Waals surface area contributed by atoms with Crippen LogP contribution >= 0.6 is 0 Å². The Morgan fingerprint density at radius 1 is 1.33 bits per heavy atom. The summed E-state index contributed by atoms with van der Waals surface area (Å²) in [6.07, 6.45) is 3.47. The molecule has 0 bridgehead atoms. The van der Waals surface area contributed by atoms with E-state index in [2.05, 4.69) is 4.98 Å². The van der Waals surface area contributed by atoms with Crippen molar-refractivity contribution in [3.05, 3.63) is 48.3 Å². The molecule has 1 aromatic heterocycles. The molecule has 2 N–H and O–H groups in total. The van der Waals surface area contributed by atoms with Crippen molar-refractivity contribution in [2.24, 2.45) is 5.73 Å². The molecule has 2 aromatic rings. The smallest absolute Gasteiger partial charge is 0.252 e. The minimum Gasteiger partial charge on any atom is -0.493 e. The van der Waals surface area contributed by atoms with Gasteiger partial charge in [0.15, 0.2) is 0 Å². The first-order valence-corrected chi connectivity index (χ1v) is 5.69. The van der Waals surface area contributed by atoms with Crippen LogP contribution < -0.4 is 10.5 Å². The number of nitrogens with zero attached hydrogens (tertiary/aromatic N) is 1. The fourth-order valence-electron chi connectivity index (χ4n) is 1.71. The molecule has 4 heteroatoms. The molecular weight excluding hydrogens is 228 g/mol. The topological polar surface area (TPSA) is 65.2 Å². The van der Waals surface area contributed by atoms with E-state index in [4.69, 9.17) is 10.5 Å². The van der Waals surface area contributed by atoms with Crippen molar-refractivity contribution < 1.29 is 9.53 Å². The van der Waals surface area contributed by atoms with Crippen molar-refractivity contribution in [3.8, 4) is 16.9 Å². The molecule has 0 spiro atoms. The Labute approximate surface area is 105 Å². The molecule has 0 fully saturated rings. The van der Waals surface area contributed by atoms with Crippen molar-refractivity contribution >= 4 is 5.91 Å². The van der Waals surface area contributed by atoms with E-state index in [0.717, 1.165) is 11.1 Å². The summed E-state index contributed by atoms with van der Waals surface area (Å²) in [6, 6.07) is 9.12. The first-order chi connectivity index (χ1) is 8.72. The number of ether oxygens (including phenoxy) is 1. The van der Waals surface area contributed by atoms with Gasteiger partial charge in [0.25, 0.3) is 5.91 Å². The van der Waals surface area contributed by atoms with Crippen LogP contribution in [0.4, 0.5) is 0 Å². The average molecular weight is 242 g/mol. The Kier molecular flexibility index (Phi) is 3.57. The van der Waals surface area contributed by atoms with Gasteiger partial charge in [0.1, 0.15) is 5.75 Å². The van der Waals surface area contributed by atoms with E-state index in [9.17, 15) is 4.79 Å². The first-order valence-electron chi connectivity index (χ1n) is 5.69. The second-order valence-electron chi connectivity index (χ2n) is 3.75. The van der Waals surface area contributed by atoms with Gasteiger partial charge in [0.05, 0.1) is 12.2 Å². The van der Waals surface area contributed by atoms with Crippen LogP contribution in [0.25, 0.3) is 11.1 Å². The summed E-state index contributed by atoms with van der Waals surface area (Å²) in [5.74, 6) is 0.0162. The SMILES string of the molecule is CCOc1cc(-c2cccnc2)ccc1C(N)=O. The maximum Gasteiger partial charge on any atom is 0.252 e. The van der Waals surface area contributed by atoms with E-state index < -0.39 is 5.91 Å². The molecule has 0 aliphatic heterocycles. The van der Waals surface area contributed by atoms with Crippen LogP contribution in [-0.4, -0.2) is 17.5 Å². The van der Waals surface area contributed by atoms with Crippen LogP contribution in [-0.2, 0) is 0 Å². The van der Waals surface area contributed by atoms with Crippen LogP contribution in [0.15, 0.2) is 42.7 Å². The highest BCUT2D eigenvalue weighted by Gasteiger charge is 2.10. The fraction of sp³-hybridized carbons (Fsp3) is 0.143. The first kappa shape index (κ1) is 12.1. The third kappa shape index (κ3) is 2.48. The Bertz CT molecular complexity index is 553. The Morgan fingerprint density at radius 2 is 2.17 bits per heavy atom. The molecule has 92 valence electrons. The molecule has 1 amide bonds. The highest BCUT2D eigenvalue weighted by Crippen LogP contribution is 2.26. The van der Waals surface area contributed by atoms with E-state index >= 15 is 0 Å². The van der Waals surface area contributed by atoms with Crippen LogP contribution in [0.1, 0.15) is 17.3 Å². The van der Waals surface area contributed by atoms with Gasteiger partial charge in [-0.15, -0.1) is 0 Å². The minimum atomic E-state index is -0.490. The fourth-order valence-corrected chi connectivity index (χ4v) is 1.71. The molecular formula is C14H14N2O2. The van der Waals surface area contributed by atoms with Gasteiger partial charge in [-0.05, 0) is 30.7 Å². The van der Waals surface area contributed by atoms with Crippen molar-refractivity contribution in [3.63, 3.8) is 0 Å². The highest BCUT2D eigenvalue weighted by atomic mass is 16.5. The molecule has 4 nitrogen and oxygen atoms in total. The van der Waals surface area contributed by atoms with E-state index in [1.807, 2.05) is 25.1 Å². The average Bonchev–Trinajstić information content (AvgIpc) is 2.40. The van der Waals surface area contributed by atoms with Gasteiger partial charge in [0.2, 0.25) is 0 Å². The van der Waals surface area contributed by atoms with E-state index in [1.165, 1.54) is 0 Å². The van der Waals surface area contributed by atoms with Crippen LogP contribution in [0.3, 0.4) is 0 Å². The monoisotopic (exact) mass is 242 g/mol. The lowest BCUT2D eigenvalue weighted by molar-refractivity contribution is 0.0996. The molecule has 1 aromatic carbocycles. The number of hydrogen-bond donors (Lipinski definition) is 1. The Hall–Kier alpha value is -2.36. The summed E-state index contributed by atoms with van der Waals surface area (Å²) in [5.41, 5.74) is 7.60. The number of carbonyl (C=O) groups excluding carboxylic acids is 1. The summed E-state index contributed by atoms with van der Waals surface area (Å²) in [7, 11) is 0. The highest BCUT2D eigenvalue weighted by molar-refractivity contribution is 5.96. The summed E-state index contributed by atoms with van der Waals surface area (Å²) >= 11 is 0. The quantitative estimate of drug-likeness (QED) is 0.894. The summed E-state index contributed by atoms with van der Waals surface area (Å²) in [5, 5.41) is 0. The number of carbonyl (C=O) groups is 1. The third-order valence-corrected chi connectivity index (χ3v) is 2.54. The zero-order valence-electron chi connectivity index (χ0n) is 10.1. The van der Waals surface area contributed by atoms with E-state index in [-0.39, 0.29) is 0 Å². The van der Waals surface area contributed by atoms with Crippen LogP contribution in [0.2, 0.25) is 0 Å². The molecule has 0 radical (unpaired) electrons. The molecule has 0 saturated heterocycles. The number of hydrogen-bond acceptors (Lipinski definition) is 3. The van der Waals surface area contributed by atoms with Crippen LogP contribution in [0.5, 0.6) is 5.75 Å². The number of pyridine rings is 1. The normalized spacial score (nSPS) is 10.1. The lowest BCUT2D eigenvalue weighted by Gasteiger charge is -2.10. The van der Waals surface area contributed by atoms with Crippen molar-refractivity contribution in [1.82, 2.24) is 4.98 Å². The maximum absolute atomic E-state index is 11.3. The lowest BCUT2D eigenvalue weighted by atomic mass is 10.0. The van der Waals surface area contributed by atoms with Crippen molar-refractivity contribution in [1.29, 1.82) is 0 Å². The number of aromatic nitrogens is 1. The molecule has 18 heavy (non-hydrogen) atoms. The Morgan fingerprint density at radius 3 is 2.78 bits per heavy atom. The molecule has 0 unspecified atom stereocenters. The Balaban J connectivity index is 2.46. The summed E-state index contributed by atoms with van der Waals surface area (Å²) in [6.45, 7) is 2.35. The zero-order chi connectivity index (χ0) is 13.0. The molecule has 0 saturated carbocycles. The molecule has 0 aliphatic carbocycles. The van der Waals surface area contributed by atoms with Gasteiger partial charge < -0.3 is 10.5 Å². The van der Waals surface area contributed by atoms with Gasteiger partial charge in [-0.25, -0.2) is 0 Å². The van der Waals surface area contributed by atoms with Crippen LogP contribution in [0, 0.1) is 0 Å². The summed E-state index contributed by atoms with van der Waals surface area (Å²) < 4.78 is 5.44.